The lowest BCUT2D eigenvalue weighted by molar-refractivity contribution is 0.128. The Balaban J connectivity index is 1.95. The van der Waals surface area contributed by atoms with Gasteiger partial charge in [0, 0.05) is 24.8 Å². The fraction of sp³-hybridized carbons (Fsp3) is 0.692. The highest BCUT2D eigenvalue weighted by Crippen LogP contribution is 2.11. The molecular weight excluding hydrogens is 202 g/mol. The van der Waals surface area contributed by atoms with Crippen LogP contribution in [0.2, 0.25) is 0 Å². The van der Waals surface area contributed by atoms with E-state index < -0.39 is 0 Å². The molecule has 1 rings (SSSR count). The molecule has 0 bridgehead atoms. The number of nitrogens with one attached hydrogen (secondary N) is 1. The molecule has 16 heavy (non-hydrogen) atoms. The van der Waals surface area contributed by atoms with E-state index in [-0.39, 0.29) is 0 Å². The van der Waals surface area contributed by atoms with Crippen LogP contribution in [0.15, 0.2) is 23.0 Å². The van der Waals surface area contributed by atoms with Gasteiger partial charge in [0.2, 0.25) is 0 Å². The van der Waals surface area contributed by atoms with Crippen LogP contribution >= 0.6 is 0 Å². The molecule has 92 valence electrons. The van der Waals surface area contributed by atoms with Gasteiger partial charge in [0.15, 0.2) is 0 Å². The molecule has 1 heterocycles. The van der Waals surface area contributed by atoms with Crippen LogP contribution in [0.5, 0.6) is 0 Å². The molecule has 1 aromatic heterocycles. The van der Waals surface area contributed by atoms with Crippen molar-refractivity contribution in [2.75, 3.05) is 19.8 Å². The molecule has 0 amide bonds. The third-order valence-corrected chi connectivity index (χ3v) is 2.60. The predicted octanol–water partition coefficient (Wildman–Crippen LogP) is 3.14. The highest BCUT2D eigenvalue weighted by atomic mass is 16.5. The molecule has 0 radical (unpaired) electrons. The molecule has 1 N–H and O–H groups in total. The van der Waals surface area contributed by atoms with Gasteiger partial charge in [-0.3, -0.25) is 0 Å². The fourth-order valence-electron chi connectivity index (χ4n) is 1.48. The SMILES string of the molecule is CCCCOCCCNC(C)c1ccoc1. The number of hydrogen-bond acceptors (Lipinski definition) is 3. The van der Waals surface area contributed by atoms with Crippen LogP contribution in [-0.4, -0.2) is 19.8 Å². The van der Waals surface area contributed by atoms with Crippen LogP contribution < -0.4 is 5.32 Å². The summed E-state index contributed by atoms with van der Waals surface area (Å²) in [5.74, 6) is 0. The molecule has 0 fully saturated rings. The van der Waals surface area contributed by atoms with Crippen molar-refractivity contribution in [3.8, 4) is 0 Å². The number of rotatable bonds is 9. The summed E-state index contributed by atoms with van der Waals surface area (Å²) in [5, 5.41) is 3.44. The Morgan fingerprint density at radius 3 is 2.88 bits per heavy atom. The van der Waals surface area contributed by atoms with Crippen molar-refractivity contribution >= 4 is 0 Å². The normalized spacial score (nSPS) is 12.9. The van der Waals surface area contributed by atoms with Gasteiger partial charge in [-0.2, -0.15) is 0 Å². The van der Waals surface area contributed by atoms with E-state index in [0.717, 1.165) is 26.2 Å². The Morgan fingerprint density at radius 1 is 1.38 bits per heavy atom. The summed E-state index contributed by atoms with van der Waals surface area (Å²) in [7, 11) is 0. The summed E-state index contributed by atoms with van der Waals surface area (Å²) in [4.78, 5) is 0. The van der Waals surface area contributed by atoms with Crippen LogP contribution in [0.3, 0.4) is 0 Å². The van der Waals surface area contributed by atoms with Crippen LogP contribution in [0, 0.1) is 0 Å². The van der Waals surface area contributed by atoms with E-state index in [0.29, 0.717) is 6.04 Å². The molecule has 0 aromatic carbocycles. The van der Waals surface area contributed by atoms with E-state index in [1.165, 1.54) is 18.4 Å². The topological polar surface area (TPSA) is 34.4 Å². The summed E-state index contributed by atoms with van der Waals surface area (Å²) >= 11 is 0. The first-order valence-electron chi connectivity index (χ1n) is 6.17. The largest absolute Gasteiger partial charge is 0.472 e. The number of furan rings is 1. The molecule has 3 heteroatoms. The maximum Gasteiger partial charge on any atom is 0.0950 e. The molecule has 0 spiro atoms. The zero-order valence-electron chi connectivity index (χ0n) is 10.4. The molecular formula is C13H23NO2. The van der Waals surface area contributed by atoms with Crippen molar-refractivity contribution in [2.45, 2.75) is 39.2 Å². The van der Waals surface area contributed by atoms with E-state index in [2.05, 4.69) is 19.2 Å². The van der Waals surface area contributed by atoms with E-state index >= 15 is 0 Å². The number of hydrogen-bond donors (Lipinski definition) is 1. The van der Waals surface area contributed by atoms with Gasteiger partial charge in [-0.1, -0.05) is 13.3 Å². The van der Waals surface area contributed by atoms with Crippen LogP contribution in [0.4, 0.5) is 0 Å². The van der Waals surface area contributed by atoms with Crippen LogP contribution in [0.1, 0.15) is 44.7 Å². The number of unbranched alkanes of at least 4 members (excludes halogenated alkanes) is 1. The van der Waals surface area contributed by atoms with Gasteiger partial charge in [0.1, 0.15) is 0 Å². The van der Waals surface area contributed by atoms with Gasteiger partial charge < -0.3 is 14.5 Å². The molecule has 0 aliphatic carbocycles. The van der Waals surface area contributed by atoms with Crippen molar-refractivity contribution < 1.29 is 9.15 Å². The lowest BCUT2D eigenvalue weighted by atomic mass is 10.2. The summed E-state index contributed by atoms with van der Waals surface area (Å²) in [6.45, 7) is 7.05. The van der Waals surface area contributed by atoms with Gasteiger partial charge >= 0.3 is 0 Å². The summed E-state index contributed by atoms with van der Waals surface area (Å²) in [5.41, 5.74) is 1.20. The van der Waals surface area contributed by atoms with Crippen molar-refractivity contribution in [1.82, 2.24) is 5.32 Å². The lowest BCUT2D eigenvalue weighted by Crippen LogP contribution is -2.20. The molecule has 1 aromatic rings. The van der Waals surface area contributed by atoms with Crippen LogP contribution in [-0.2, 0) is 4.74 Å². The Bertz CT molecular complexity index is 246. The summed E-state index contributed by atoms with van der Waals surface area (Å²) in [6.07, 6.45) is 6.93. The summed E-state index contributed by atoms with van der Waals surface area (Å²) < 4.78 is 10.5. The molecule has 0 saturated heterocycles. The first kappa shape index (κ1) is 13.3. The van der Waals surface area contributed by atoms with Gasteiger partial charge in [-0.25, -0.2) is 0 Å². The monoisotopic (exact) mass is 225 g/mol. The minimum atomic E-state index is 0.356. The first-order valence-corrected chi connectivity index (χ1v) is 6.17. The Kier molecular flexibility index (Phi) is 6.93. The summed E-state index contributed by atoms with van der Waals surface area (Å²) in [6, 6.07) is 2.35. The zero-order valence-corrected chi connectivity index (χ0v) is 10.4. The van der Waals surface area contributed by atoms with E-state index in [9.17, 15) is 0 Å². The maximum atomic E-state index is 5.49. The van der Waals surface area contributed by atoms with E-state index in [1.807, 2.05) is 6.07 Å². The minimum Gasteiger partial charge on any atom is -0.472 e. The average molecular weight is 225 g/mol. The average Bonchev–Trinajstić information content (AvgIpc) is 2.81. The molecule has 1 unspecified atom stereocenters. The van der Waals surface area contributed by atoms with Gasteiger partial charge in [0.25, 0.3) is 0 Å². The second kappa shape index (κ2) is 8.36. The molecule has 0 saturated carbocycles. The Hall–Kier alpha value is -0.800. The predicted molar refractivity (Wildman–Crippen MR) is 65.5 cm³/mol. The quantitative estimate of drug-likeness (QED) is 0.656. The highest BCUT2D eigenvalue weighted by Gasteiger charge is 2.04. The smallest absolute Gasteiger partial charge is 0.0950 e. The molecule has 0 aliphatic heterocycles. The molecule has 0 aliphatic rings. The van der Waals surface area contributed by atoms with E-state index in [4.69, 9.17) is 9.15 Å². The molecule has 1 atom stereocenters. The van der Waals surface area contributed by atoms with Crippen molar-refractivity contribution in [1.29, 1.82) is 0 Å². The Labute approximate surface area is 98.2 Å². The highest BCUT2D eigenvalue weighted by molar-refractivity contribution is 5.09. The Morgan fingerprint density at radius 2 is 2.19 bits per heavy atom. The van der Waals surface area contributed by atoms with Gasteiger partial charge in [0.05, 0.1) is 12.5 Å². The molecule has 3 nitrogen and oxygen atoms in total. The maximum absolute atomic E-state index is 5.49. The lowest BCUT2D eigenvalue weighted by Gasteiger charge is -2.11. The standard InChI is InChI=1S/C13H23NO2/c1-3-4-8-15-9-5-7-14-12(2)13-6-10-16-11-13/h6,10-12,14H,3-5,7-9H2,1-2H3. The fourth-order valence-corrected chi connectivity index (χ4v) is 1.48. The van der Waals surface area contributed by atoms with Crippen molar-refractivity contribution in [2.24, 2.45) is 0 Å². The third kappa shape index (κ3) is 5.33. The third-order valence-electron chi connectivity index (χ3n) is 2.60. The second-order valence-corrected chi connectivity index (χ2v) is 4.05. The van der Waals surface area contributed by atoms with Crippen molar-refractivity contribution in [3.05, 3.63) is 24.2 Å². The zero-order chi connectivity index (χ0) is 11.6. The number of ether oxygens (including phenoxy) is 1. The first-order chi connectivity index (χ1) is 7.84. The van der Waals surface area contributed by atoms with Gasteiger partial charge in [-0.05, 0) is 32.4 Å². The van der Waals surface area contributed by atoms with E-state index in [1.54, 1.807) is 12.5 Å². The van der Waals surface area contributed by atoms with Gasteiger partial charge in [-0.15, -0.1) is 0 Å². The van der Waals surface area contributed by atoms with Crippen molar-refractivity contribution in [3.63, 3.8) is 0 Å². The second-order valence-electron chi connectivity index (χ2n) is 4.05. The van der Waals surface area contributed by atoms with Crippen LogP contribution in [0.25, 0.3) is 0 Å². The minimum absolute atomic E-state index is 0.356.